The van der Waals surface area contributed by atoms with Gasteiger partial charge in [0, 0.05) is 18.9 Å². The minimum Gasteiger partial charge on any atom is -0.484 e. The van der Waals surface area contributed by atoms with Crippen LogP contribution in [0.25, 0.3) is 0 Å². The molecule has 0 fully saturated rings. The summed E-state index contributed by atoms with van der Waals surface area (Å²) in [4.78, 5) is 3.96. The molecule has 0 bridgehead atoms. The Balaban J connectivity index is 2.18. The van der Waals surface area contributed by atoms with Gasteiger partial charge in [-0.05, 0) is 35.9 Å². The van der Waals surface area contributed by atoms with E-state index in [2.05, 4.69) is 11.1 Å². The zero-order valence-electron chi connectivity index (χ0n) is 9.78. The second-order valence-electron chi connectivity index (χ2n) is 3.76. The number of nitrogens with zero attached hydrogens (tertiary/aromatic N) is 2. The van der Waals surface area contributed by atoms with Crippen LogP contribution in [0.5, 0.6) is 5.75 Å². The first-order chi connectivity index (χ1) is 8.83. The Morgan fingerprint density at radius 2 is 2.06 bits per heavy atom. The second kappa shape index (κ2) is 5.80. The van der Waals surface area contributed by atoms with Crippen molar-refractivity contribution in [1.82, 2.24) is 4.98 Å². The van der Waals surface area contributed by atoms with Gasteiger partial charge in [0.25, 0.3) is 0 Å². The van der Waals surface area contributed by atoms with Gasteiger partial charge >= 0.3 is 0 Å². The summed E-state index contributed by atoms with van der Waals surface area (Å²) < 4.78 is 5.79. The fraction of sp³-hybridized carbons (Fsp3) is 0.143. The molecule has 0 saturated heterocycles. The molecule has 90 valence electrons. The molecule has 4 nitrogen and oxygen atoms in total. The first kappa shape index (κ1) is 12.1. The molecule has 2 rings (SSSR count). The standard InChI is InChI=1S/C14H13N3O/c15-9-11-2-1-3-13(8-11)18-14(10-16)12-4-6-17-7-5-12/h1-8,14H,10,16H2. The highest BCUT2D eigenvalue weighted by molar-refractivity contribution is 5.36. The molecule has 1 atom stereocenters. The highest BCUT2D eigenvalue weighted by atomic mass is 16.5. The molecule has 0 saturated carbocycles. The first-order valence-electron chi connectivity index (χ1n) is 5.60. The van der Waals surface area contributed by atoms with E-state index < -0.39 is 0 Å². The lowest BCUT2D eigenvalue weighted by Gasteiger charge is -2.17. The maximum atomic E-state index is 8.83. The first-order valence-corrected chi connectivity index (χ1v) is 5.60. The molecule has 1 aromatic heterocycles. The number of pyridine rings is 1. The quantitative estimate of drug-likeness (QED) is 0.886. The Morgan fingerprint density at radius 3 is 2.72 bits per heavy atom. The van der Waals surface area contributed by atoms with Crippen LogP contribution in [0.15, 0.2) is 48.8 Å². The number of hydrogen-bond acceptors (Lipinski definition) is 4. The predicted octanol–water partition coefficient (Wildman–Crippen LogP) is 2.03. The van der Waals surface area contributed by atoms with E-state index in [0.717, 1.165) is 5.56 Å². The number of nitriles is 1. The zero-order valence-corrected chi connectivity index (χ0v) is 9.78. The minimum atomic E-state index is -0.234. The molecular formula is C14H13N3O. The lowest BCUT2D eigenvalue weighted by atomic mass is 10.1. The van der Waals surface area contributed by atoms with Crippen molar-refractivity contribution in [2.45, 2.75) is 6.10 Å². The van der Waals surface area contributed by atoms with Gasteiger partial charge in [0.05, 0.1) is 11.6 Å². The molecule has 4 heteroatoms. The molecule has 0 aliphatic heterocycles. The van der Waals surface area contributed by atoms with Crippen molar-refractivity contribution in [3.05, 3.63) is 59.9 Å². The van der Waals surface area contributed by atoms with Crippen molar-refractivity contribution in [3.8, 4) is 11.8 Å². The summed E-state index contributed by atoms with van der Waals surface area (Å²) in [5, 5.41) is 8.83. The Morgan fingerprint density at radius 1 is 1.28 bits per heavy atom. The number of hydrogen-bond donors (Lipinski definition) is 1. The highest BCUT2D eigenvalue weighted by Crippen LogP contribution is 2.21. The predicted molar refractivity (Wildman–Crippen MR) is 67.8 cm³/mol. The fourth-order valence-electron chi connectivity index (χ4n) is 1.63. The molecule has 1 aromatic carbocycles. The Labute approximate surface area is 106 Å². The summed E-state index contributed by atoms with van der Waals surface area (Å²) in [5.74, 6) is 0.640. The third-order valence-corrected chi connectivity index (χ3v) is 2.53. The van der Waals surface area contributed by atoms with Crippen molar-refractivity contribution in [1.29, 1.82) is 5.26 Å². The summed E-state index contributed by atoms with van der Waals surface area (Å²) in [6, 6.07) is 12.8. The molecular weight excluding hydrogens is 226 g/mol. The highest BCUT2D eigenvalue weighted by Gasteiger charge is 2.11. The maximum absolute atomic E-state index is 8.83. The van der Waals surface area contributed by atoms with E-state index in [1.807, 2.05) is 18.2 Å². The van der Waals surface area contributed by atoms with E-state index in [1.54, 1.807) is 30.6 Å². The van der Waals surface area contributed by atoms with Crippen molar-refractivity contribution >= 4 is 0 Å². The van der Waals surface area contributed by atoms with E-state index in [0.29, 0.717) is 17.9 Å². The molecule has 0 spiro atoms. The van der Waals surface area contributed by atoms with Gasteiger partial charge in [-0.25, -0.2) is 0 Å². The van der Waals surface area contributed by atoms with Crippen LogP contribution in [0.4, 0.5) is 0 Å². The number of ether oxygens (including phenoxy) is 1. The van der Waals surface area contributed by atoms with Crippen molar-refractivity contribution in [2.75, 3.05) is 6.54 Å². The Kier molecular flexibility index (Phi) is 3.90. The van der Waals surface area contributed by atoms with E-state index in [9.17, 15) is 0 Å². The SMILES string of the molecule is N#Cc1cccc(OC(CN)c2ccncc2)c1. The Hall–Kier alpha value is -2.38. The van der Waals surface area contributed by atoms with Crippen LogP contribution < -0.4 is 10.5 Å². The van der Waals surface area contributed by atoms with E-state index in [-0.39, 0.29) is 6.10 Å². The van der Waals surface area contributed by atoms with Gasteiger partial charge < -0.3 is 10.5 Å². The van der Waals surface area contributed by atoms with Crippen molar-refractivity contribution in [2.24, 2.45) is 5.73 Å². The van der Waals surface area contributed by atoms with Crippen LogP contribution in [0.2, 0.25) is 0 Å². The van der Waals surface area contributed by atoms with Gasteiger partial charge in [0.15, 0.2) is 0 Å². The van der Waals surface area contributed by atoms with E-state index >= 15 is 0 Å². The number of nitrogens with two attached hydrogens (primary N) is 1. The summed E-state index contributed by atoms with van der Waals surface area (Å²) in [6.07, 6.45) is 3.17. The van der Waals surface area contributed by atoms with Gasteiger partial charge in [-0.1, -0.05) is 6.07 Å². The van der Waals surface area contributed by atoms with Gasteiger partial charge in [0.2, 0.25) is 0 Å². The van der Waals surface area contributed by atoms with Gasteiger partial charge in [-0.3, -0.25) is 4.98 Å². The van der Waals surface area contributed by atoms with Crippen LogP contribution in [0.1, 0.15) is 17.2 Å². The monoisotopic (exact) mass is 239 g/mol. The van der Waals surface area contributed by atoms with Gasteiger partial charge in [-0.2, -0.15) is 5.26 Å². The number of benzene rings is 1. The lowest BCUT2D eigenvalue weighted by molar-refractivity contribution is 0.214. The molecule has 2 aromatic rings. The second-order valence-corrected chi connectivity index (χ2v) is 3.76. The van der Waals surface area contributed by atoms with E-state index in [4.69, 9.17) is 15.7 Å². The van der Waals surface area contributed by atoms with E-state index in [1.165, 1.54) is 0 Å². The molecule has 0 amide bonds. The maximum Gasteiger partial charge on any atom is 0.136 e. The van der Waals surface area contributed by atoms with Crippen LogP contribution in [-0.4, -0.2) is 11.5 Å². The summed E-state index contributed by atoms with van der Waals surface area (Å²) in [6.45, 7) is 0.362. The third-order valence-electron chi connectivity index (χ3n) is 2.53. The van der Waals surface area contributed by atoms with Crippen molar-refractivity contribution in [3.63, 3.8) is 0 Å². The van der Waals surface area contributed by atoms with Gasteiger partial charge in [0.1, 0.15) is 11.9 Å². The van der Waals surface area contributed by atoms with Crippen LogP contribution in [-0.2, 0) is 0 Å². The van der Waals surface area contributed by atoms with Crippen LogP contribution in [0, 0.1) is 11.3 Å². The molecule has 0 aliphatic carbocycles. The average molecular weight is 239 g/mol. The fourth-order valence-corrected chi connectivity index (χ4v) is 1.63. The van der Waals surface area contributed by atoms with Gasteiger partial charge in [-0.15, -0.1) is 0 Å². The summed E-state index contributed by atoms with van der Waals surface area (Å²) >= 11 is 0. The molecule has 1 heterocycles. The molecule has 0 radical (unpaired) electrons. The summed E-state index contributed by atoms with van der Waals surface area (Å²) in [7, 11) is 0. The molecule has 2 N–H and O–H groups in total. The average Bonchev–Trinajstić information content (AvgIpc) is 2.46. The van der Waals surface area contributed by atoms with Crippen LogP contribution in [0.3, 0.4) is 0 Å². The topological polar surface area (TPSA) is 71.9 Å². The Bertz CT molecular complexity index is 548. The third kappa shape index (κ3) is 2.84. The summed E-state index contributed by atoms with van der Waals surface area (Å²) in [5.41, 5.74) is 7.25. The molecule has 18 heavy (non-hydrogen) atoms. The normalized spacial score (nSPS) is 11.6. The minimum absolute atomic E-state index is 0.234. The molecule has 1 unspecified atom stereocenters. The number of rotatable bonds is 4. The largest absolute Gasteiger partial charge is 0.484 e. The number of aromatic nitrogens is 1. The van der Waals surface area contributed by atoms with Crippen LogP contribution >= 0.6 is 0 Å². The smallest absolute Gasteiger partial charge is 0.136 e. The van der Waals surface area contributed by atoms with Crippen molar-refractivity contribution < 1.29 is 4.74 Å². The zero-order chi connectivity index (χ0) is 12.8. The molecule has 0 aliphatic rings. The lowest BCUT2D eigenvalue weighted by Crippen LogP contribution is -2.18.